The van der Waals surface area contributed by atoms with Crippen molar-refractivity contribution in [1.82, 2.24) is 9.88 Å². The summed E-state index contributed by atoms with van der Waals surface area (Å²) < 4.78 is 5.78. The third-order valence-corrected chi connectivity index (χ3v) is 6.70. The minimum Gasteiger partial charge on any atom is -0.492 e. The Balaban J connectivity index is 1.65. The van der Waals surface area contributed by atoms with Gasteiger partial charge in [0, 0.05) is 37.7 Å². The molecule has 146 valence electrons. The van der Waals surface area contributed by atoms with E-state index < -0.39 is 5.60 Å². The van der Waals surface area contributed by atoms with Crippen molar-refractivity contribution in [2.24, 2.45) is 0 Å². The first-order chi connectivity index (χ1) is 12.9. The zero-order chi connectivity index (χ0) is 19.4. The highest BCUT2D eigenvalue weighted by molar-refractivity contribution is 7.11. The molecule has 0 spiro atoms. The van der Waals surface area contributed by atoms with Gasteiger partial charge in [-0.2, -0.15) is 0 Å². The van der Waals surface area contributed by atoms with E-state index in [1.165, 1.54) is 0 Å². The molecule has 2 aromatic rings. The van der Waals surface area contributed by atoms with Gasteiger partial charge in [0.15, 0.2) is 0 Å². The highest BCUT2D eigenvalue weighted by atomic mass is 35.5. The van der Waals surface area contributed by atoms with Crippen LogP contribution >= 0.6 is 22.9 Å². The smallest absolute Gasteiger partial charge is 0.219 e. The van der Waals surface area contributed by atoms with Crippen molar-refractivity contribution in [1.29, 1.82) is 0 Å². The minimum atomic E-state index is -0.957. The van der Waals surface area contributed by atoms with Crippen LogP contribution < -0.4 is 4.74 Å². The lowest BCUT2D eigenvalue weighted by atomic mass is 9.96. The van der Waals surface area contributed by atoms with E-state index in [4.69, 9.17) is 16.3 Å². The molecule has 1 atom stereocenters. The summed E-state index contributed by atoms with van der Waals surface area (Å²) in [5.41, 5.74) is -0.0274. The number of ether oxygens (including phenoxy) is 1. The van der Waals surface area contributed by atoms with E-state index >= 15 is 0 Å². The van der Waals surface area contributed by atoms with Crippen molar-refractivity contribution >= 4 is 28.8 Å². The maximum absolute atomic E-state index is 11.6. The van der Waals surface area contributed by atoms with E-state index in [-0.39, 0.29) is 5.91 Å². The molecule has 1 unspecified atom stereocenters. The van der Waals surface area contributed by atoms with Crippen LogP contribution in [0.5, 0.6) is 5.75 Å². The fraction of sp³-hybridized carbons (Fsp3) is 0.500. The van der Waals surface area contributed by atoms with Crippen LogP contribution in [0.2, 0.25) is 5.02 Å². The lowest BCUT2D eigenvalue weighted by molar-refractivity contribution is -0.128. The summed E-state index contributed by atoms with van der Waals surface area (Å²) >= 11 is 7.66. The van der Waals surface area contributed by atoms with Crippen molar-refractivity contribution in [3.05, 3.63) is 44.9 Å². The summed E-state index contributed by atoms with van der Waals surface area (Å²) in [6.45, 7) is 5.31. The third kappa shape index (κ3) is 4.81. The van der Waals surface area contributed by atoms with E-state index in [0.717, 1.165) is 22.0 Å². The maximum Gasteiger partial charge on any atom is 0.219 e. The number of aromatic nitrogens is 1. The first-order valence-corrected chi connectivity index (χ1v) is 10.4. The number of halogens is 1. The molecule has 1 aliphatic rings. The summed E-state index contributed by atoms with van der Waals surface area (Å²) in [5, 5.41) is 12.5. The molecule has 3 rings (SSSR count). The normalized spacial score (nSPS) is 20.4. The average Bonchev–Trinajstić information content (AvgIpc) is 2.88. The van der Waals surface area contributed by atoms with Crippen molar-refractivity contribution < 1.29 is 14.6 Å². The number of carbonyl (C=O) groups is 1. The second-order valence-corrected chi connectivity index (χ2v) is 8.44. The quantitative estimate of drug-likeness (QED) is 0.813. The maximum atomic E-state index is 11.6. The highest BCUT2D eigenvalue weighted by Gasteiger charge is 2.35. The number of para-hydroxylation sites is 1. The molecule has 1 aromatic heterocycles. The van der Waals surface area contributed by atoms with E-state index in [9.17, 15) is 9.90 Å². The van der Waals surface area contributed by atoms with Crippen LogP contribution in [-0.2, 0) is 16.8 Å². The van der Waals surface area contributed by atoms with Gasteiger partial charge in [-0.3, -0.25) is 4.79 Å². The average molecular weight is 409 g/mol. The standard InChI is InChI=1S/C20H25ClN2O3S/c1-14-18(8-13-26-17-7-4-3-6-16(17)21)27-19(22-14)20(25)9-5-11-23(12-10-20)15(2)24/h3-4,6-7,25H,5,8-13H2,1-2H3. The fourth-order valence-corrected chi connectivity index (χ4v) is 4.70. The first-order valence-electron chi connectivity index (χ1n) is 9.21. The van der Waals surface area contributed by atoms with E-state index in [1.807, 2.05) is 25.1 Å². The molecule has 1 aliphatic heterocycles. The summed E-state index contributed by atoms with van der Waals surface area (Å²) in [7, 11) is 0. The van der Waals surface area contributed by atoms with Crippen molar-refractivity contribution in [2.45, 2.75) is 45.1 Å². The molecule has 5 nitrogen and oxygen atoms in total. The molecule has 7 heteroatoms. The Kier molecular flexibility index (Phi) is 6.40. The van der Waals surface area contributed by atoms with E-state index in [1.54, 1.807) is 29.2 Å². The van der Waals surface area contributed by atoms with Crippen molar-refractivity contribution in [3.63, 3.8) is 0 Å². The molecular formula is C20H25ClN2O3S. The molecule has 0 radical (unpaired) electrons. The molecule has 1 aromatic carbocycles. The van der Waals surface area contributed by atoms with Crippen LogP contribution in [0.25, 0.3) is 0 Å². The number of hydrogen-bond acceptors (Lipinski definition) is 5. The van der Waals surface area contributed by atoms with Crippen LogP contribution in [0.1, 0.15) is 41.8 Å². The zero-order valence-corrected chi connectivity index (χ0v) is 17.3. The van der Waals surface area contributed by atoms with Crippen LogP contribution in [0.15, 0.2) is 24.3 Å². The second-order valence-electron chi connectivity index (χ2n) is 6.95. The van der Waals surface area contributed by atoms with Gasteiger partial charge < -0.3 is 14.7 Å². The highest BCUT2D eigenvalue weighted by Crippen LogP contribution is 2.36. The molecule has 2 heterocycles. The number of thiazole rings is 1. The number of benzene rings is 1. The van der Waals surface area contributed by atoms with Crippen molar-refractivity contribution in [2.75, 3.05) is 19.7 Å². The van der Waals surface area contributed by atoms with Gasteiger partial charge in [0.25, 0.3) is 0 Å². The number of hydrogen-bond donors (Lipinski definition) is 1. The lowest BCUT2D eigenvalue weighted by Crippen LogP contribution is -2.32. The van der Waals surface area contributed by atoms with Gasteiger partial charge in [0.2, 0.25) is 5.91 Å². The van der Waals surface area contributed by atoms with Crippen LogP contribution in [0.3, 0.4) is 0 Å². The Morgan fingerprint density at radius 3 is 2.89 bits per heavy atom. The predicted molar refractivity (Wildman–Crippen MR) is 108 cm³/mol. The van der Waals surface area contributed by atoms with Gasteiger partial charge in [0.05, 0.1) is 17.3 Å². The van der Waals surface area contributed by atoms with Gasteiger partial charge in [-0.15, -0.1) is 11.3 Å². The topological polar surface area (TPSA) is 62.7 Å². The molecule has 27 heavy (non-hydrogen) atoms. The van der Waals surface area contributed by atoms with E-state index in [2.05, 4.69) is 4.98 Å². The molecule has 1 fully saturated rings. The molecule has 1 amide bonds. The van der Waals surface area contributed by atoms with Crippen LogP contribution in [0.4, 0.5) is 0 Å². The third-order valence-electron chi connectivity index (χ3n) is 4.97. The molecule has 1 saturated heterocycles. The van der Waals surface area contributed by atoms with Gasteiger partial charge in [0.1, 0.15) is 16.4 Å². The minimum absolute atomic E-state index is 0.0620. The molecule has 0 aliphatic carbocycles. The summed E-state index contributed by atoms with van der Waals surface area (Å²) in [4.78, 5) is 19.2. The van der Waals surface area contributed by atoms with Gasteiger partial charge in [-0.05, 0) is 31.9 Å². The lowest BCUT2D eigenvalue weighted by Gasteiger charge is -2.24. The number of carbonyl (C=O) groups excluding carboxylic acids is 1. The molecule has 1 N–H and O–H groups in total. The Hall–Kier alpha value is -1.63. The monoisotopic (exact) mass is 408 g/mol. The van der Waals surface area contributed by atoms with E-state index in [0.29, 0.717) is 49.7 Å². The van der Waals surface area contributed by atoms with Gasteiger partial charge in [-0.25, -0.2) is 4.98 Å². The summed E-state index contributed by atoms with van der Waals surface area (Å²) in [5.74, 6) is 0.736. The molecule has 0 saturated carbocycles. The number of rotatable bonds is 5. The molecule has 0 bridgehead atoms. The number of amides is 1. The van der Waals surface area contributed by atoms with Crippen molar-refractivity contribution in [3.8, 4) is 5.75 Å². The Morgan fingerprint density at radius 1 is 1.37 bits per heavy atom. The second kappa shape index (κ2) is 8.59. The Morgan fingerprint density at radius 2 is 2.15 bits per heavy atom. The Labute approximate surface area is 168 Å². The largest absolute Gasteiger partial charge is 0.492 e. The number of likely N-dealkylation sites (tertiary alicyclic amines) is 1. The van der Waals surface area contributed by atoms with Crippen LogP contribution in [-0.4, -0.2) is 40.6 Å². The summed E-state index contributed by atoms with van der Waals surface area (Å²) in [6, 6.07) is 7.42. The zero-order valence-electron chi connectivity index (χ0n) is 15.7. The van der Waals surface area contributed by atoms with Gasteiger partial charge in [-0.1, -0.05) is 23.7 Å². The Bertz CT molecular complexity index is 810. The van der Waals surface area contributed by atoms with Gasteiger partial charge >= 0.3 is 0 Å². The fourth-order valence-electron chi connectivity index (χ4n) is 3.32. The number of aryl methyl sites for hydroxylation is 1. The number of aliphatic hydroxyl groups is 1. The summed E-state index contributed by atoms with van der Waals surface area (Å²) in [6.07, 6.45) is 2.64. The predicted octanol–water partition coefficient (Wildman–Crippen LogP) is 3.95. The SMILES string of the molecule is CC(=O)N1CCCC(O)(c2nc(C)c(CCOc3ccccc3Cl)s2)CC1. The first kappa shape index (κ1) is 20.1. The van der Waals surface area contributed by atoms with Crippen LogP contribution in [0, 0.1) is 6.92 Å². The molecular weight excluding hydrogens is 384 g/mol. The number of nitrogens with zero attached hydrogens (tertiary/aromatic N) is 2.